The van der Waals surface area contributed by atoms with Gasteiger partial charge in [-0.3, -0.25) is 0 Å². The normalized spacial score (nSPS) is 21.4. The van der Waals surface area contributed by atoms with Gasteiger partial charge in [-0.2, -0.15) is 0 Å². The molecule has 2 aliphatic carbocycles. The number of hydrogen-bond acceptors (Lipinski definition) is 0. The van der Waals surface area contributed by atoms with Crippen molar-refractivity contribution in [2.45, 2.75) is 46.0 Å². The molecular formula is C25H28. The van der Waals surface area contributed by atoms with Crippen molar-refractivity contribution in [3.05, 3.63) is 81.9 Å². The quantitative estimate of drug-likeness (QED) is 0.564. The van der Waals surface area contributed by atoms with E-state index in [0.29, 0.717) is 23.7 Å². The van der Waals surface area contributed by atoms with Gasteiger partial charge in [0, 0.05) is 11.8 Å². The molecule has 0 bridgehead atoms. The van der Waals surface area contributed by atoms with Gasteiger partial charge in [-0.15, -0.1) is 0 Å². The first-order valence-electron chi connectivity index (χ1n) is 9.67. The zero-order valence-corrected chi connectivity index (χ0v) is 15.8. The van der Waals surface area contributed by atoms with Crippen LogP contribution in [-0.4, -0.2) is 0 Å². The van der Waals surface area contributed by atoms with Crippen LogP contribution < -0.4 is 0 Å². The minimum atomic E-state index is 0.550. The molecule has 0 nitrogen and oxygen atoms in total. The summed E-state index contributed by atoms with van der Waals surface area (Å²) >= 11 is 0. The van der Waals surface area contributed by atoms with E-state index >= 15 is 0 Å². The van der Waals surface area contributed by atoms with E-state index in [2.05, 4.69) is 88.4 Å². The van der Waals surface area contributed by atoms with Crippen LogP contribution >= 0.6 is 0 Å². The molecule has 0 aliphatic heterocycles. The molecule has 25 heavy (non-hydrogen) atoms. The molecule has 0 radical (unpaired) electrons. The Balaban J connectivity index is 1.73. The fourth-order valence-electron chi connectivity index (χ4n) is 4.74. The van der Waals surface area contributed by atoms with Crippen molar-refractivity contribution in [1.82, 2.24) is 0 Å². The molecule has 4 rings (SSSR count). The topological polar surface area (TPSA) is 0 Å². The zero-order valence-electron chi connectivity index (χ0n) is 15.8. The van der Waals surface area contributed by atoms with Gasteiger partial charge in [-0.25, -0.2) is 0 Å². The summed E-state index contributed by atoms with van der Waals surface area (Å²) < 4.78 is 0. The Morgan fingerprint density at radius 3 is 1.44 bits per heavy atom. The number of fused-ring (bicyclic) bond motifs is 2. The Hall–Kier alpha value is -2.08. The maximum Gasteiger partial charge on any atom is 0.00689 e. The van der Waals surface area contributed by atoms with Gasteiger partial charge in [0.05, 0.1) is 0 Å². The lowest BCUT2D eigenvalue weighted by molar-refractivity contribution is 0.558. The molecule has 0 heteroatoms. The molecule has 0 aromatic heterocycles. The predicted molar refractivity (Wildman–Crippen MR) is 109 cm³/mol. The van der Waals surface area contributed by atoms with Gasteiger partial charge in [-0.05, 0) is 40.5 Å². The summed E-state index contributed by atoms with van der Waals surface area (Å²) in [5, 5.41) is 0. The molecule has 128 valence electrons. The van der Waals surface area contributed by atoms with Gasteiger partial charge in [-0.1, -0.05) is 99.5 Å². The molecule has 0 amide bonds. The third-order valence-corrected chi connectivity index (χ3v) is 6.00. The van der Waals surface area contributed by atoms with Gasteiger partial charge < -0.3 is 0 Å². The Morgan fingerprint density at radius 2 is 1.04 bits per heavy atom. The minimum Gasteiger partial charge on any atom is -0.0619 e. The van der Waals surface area contributed by atoms with Crippen LogP contribution in [0.5, 0.6) is 0 Å². The average Bonchev–Trinajstić information content (AvgIpc) is 3.15. The molecule has 0 heterocycles. The van der Waals surface area contributed by atoms with Crippen LogP contribution in [0, 0.1) is 11.8 Å². The summed E-state index contributed by atoms with van der Waals surface area (Å²) in [6.45, 7) is 9.36. The average molecular weight is 328 g/mol. The SMILES string of the molecule is CC(C)C1=Cc2ccccc2C1CC1C(C(C)C)=Cc2ccccc21. The number of hydrogen-bond donors (Lipinski definition) is 0. The van der Waals surface area contributed by atoms with Gasteiger partial charge in [0.15, 0.2) is 0 Å². The molecule has 0 saturated carbocycles. The first-order valence-corrected chi connectivity index (χ1v) is 9.67. The van der Waals surface area contributed by atoms with Gasteiger partial charge in [0.25, 0.3) is 0 Å². The number of benzene rings is 2. The van der Waals surface area contributed by atoms with E-state index in [9.17, 15) is 0 Å². The highest BCUT2D eigenvalue weighted by Gasteiger charge is 2.34. The van der Waals surface area contributed by atoms with Crippen molar-refractivity contribution in [3.63, 3.8) is 0 Å². The predicted octanol–water partition coefficient (Wildman–Crippen LogP) is 7.05. The third kappa shape index (κ3) is 2.78. The van der Waals surface area contributed by atoms with E-state index in [0.717, 1.165) is 0 Å². The van der Waals surface area contributed by atoms with E-state index in [4.69, 9.17) is 0 Å². The Morgan fingerprint density at radius 1 is 0.640 bits per heavy atom. The maximum atomic E-state index is 2.45. The minimum absolute atomic E-state index is 0.550. The van der Waals surface area contributed by atoms with Crippen molar-refractivity contribution < 1.29 is 0 Å². The molecule has 0 saturated heterocycles. The highest BCUT2D eigenvalue weighted by atomic mass is 14.4. The van der Waals surface area contributed by atoms with Crippen LogP contribution in [0.1, 0.15) is 68.2 Å². The van der Waals surface area contributed by atoms with Gasteiger partial charge in [0.2, 0.25) is 0 Å². The first-order chi connectivity index (χ1) is 12.1. The van der Waals surface area contributed by atoms with E-state index in [1.54, 1.807) is 11.1 Å². The first kappa shape index (κ1) is 16.4. The standard InChI is InChI=1S/C25H28/c1-16(2)22-13-18-9-5-7-11-20(18)24(22)15-25-21-12-8-6-10-19(21)14-23(25)17(3)4/h5-14,16-17,24-25H,15H2,1-4H3. The molecule has 2 aliphatic rings. The summed E-state index contributed by atoms with van der Waals surface area (Å²) in [5.41, 5.74) is 9.12. The number of rotatable bonds is 4. The monoisotopic (exact) mass is 328 g/mol. The highest BCUT2D eigenvalue weighted by Crippen LogP contribution is 2.50. The Bertz CT molecular complexity index is 776. The molecule has 0 fully saturated rings. The van der Waals surface area contributed by atoms with Crippen LogP contribution in [0.25, 0.3) is 12.2 Å². The summed E-state index contributed by atoms with van der Waals surface area (Å²) in [7, 11) is 0. The van der Waals surface area contributed by atoms with E-state index in [1.807, 2.05) is 0 Å². The van der Waals surface area contributed by atoms with Gasteiger partial charge >= 0.3 is 0 Å². The second-order valence-corrected chi connectivity index (χ2v) is 8.20. The smallest absolute Gasteiger partial charge is 0.00689 e. The molecule has 2 aromatic carbocycles. The Kier molecular flexibility index (Phi) is 4.15. The molecule has 2 aromatic rings. The number of allylic oxidation sites excluding steroid dienone is 2. The Labute approximate surface area is 152 Å². The van der Waals surface area contributed by atoms with E-state index in [1.165, 1.54) is 28.7 Å². The molecule has 2 atom stereocenters. The van der Waals surface area contributed by atoms with Crippen LogP contribution in [0.2, 0.25) is 0 Å². The molecule has 0 spiro atoms. The summed E-state index contributed by atoms with van der Waals surface area (Å²) in [6.07, 6.45) is 6.09. The maximum absolute atomic E-state index is 2.45. The summed E-state index contributed by atoms with van der Waals surface area (Å²) in [4.78, 5) is 0. The zero-order chi connectivity index (χ0) is 17.6. The third-order valence-electron chi connectivity index (χ3n) is 6.00. The molecule has 0 N–H and O–H groups in total. The van der Waals surface area contributed by atoms with Crippen molar-refractivity contribution in [3.8, 4) is 0 Å². The van der Waals surface area contributed by atoms with Crippen LogP contribution in [0.15, 0.2) is 59.7 Å². The van der Waals surface area contributed by atoms with Crippen molar-refractivity contribution in [2.75, 3.05) is 0 Å². The fraction of sp³-hybridized carbons (Fsp3) is 0.360. The van der Waals surface area contributed by atoms with Crippen LogP contribution in [0.3, 0.4) is 0 Å². The van der Waals surface area contributed by atoms with E-state index < -0.39 is 0 Å². The second-order valence-electron chi connectivity index (χ2n) is 8.20. The van der Waals surface area contributed by atoms with Crippen molar-refractivity contribution in [1.29, 1.82) is 0 Å². The highest BCUT2D eigenvalue weighted by molar-refractivity contribution is 5.69. The second kappa shape index (κ2) is 6.33. The molecule has 2 unspecified atom stereocenters. The fourth-order valence-corrected chi connectivity index (χ4v) is 4.74. The van der Waals surface area contributed by atoms with E-state index in [-0.39, 0.29) is 0 Å². The van der Waals surface area contributed by atoms with Crippen molar-refractivity contribution >= 4 is 12.2 Å². The lowest BCUT2D eigenvalue weighted by Crippen LogP contribution is -2.12. The van der Waals surface area contributed by atoms with Crippen LogP contribution in [0.4, 0.5) is 0 Å². The van der Waals surface area contributed by atoms with Crippen molar-refractivity contribution in [2.24, 2.45) is 11.8 Å². The largest absolute Gasteiger partial charge is 0.0619 e. The summed E-state index contributed by atoms with van der Waals surface area (Å²) in [6, 6.07) is 18.0. The van der Waals surface area contributed by atoms with Gasteiger partial charge in [0.1, 0.15) is 0 Å². The van der Waals surface area contributed by atoms with Crippen LogP contribution in [-0.2, 0) is 0 Å². The lowest BCUT2D eigenvalue weighted by Gasteiger charge is -2.27. The molecular weight excluding hydrogens is 300 g/mol. The lowest BCUT2D eigenvalue weighted by atomic mass is 9.77. The summed E-state index contributed by atoms with van der Waals surface area (Å²) in [5.74, 6) is 2.30.